The molecule has 202 valence electrons. The van der Waals surface area contributed by atoms with Crippen molar-refractivity contribution in [3.63, 3.8) is 0 Å². The fourth-order valence-electron chi connectivity index (χ4n) is 8.59. The third kappa shape index (κ3) is 3.82. The highest BCUT2D eigenvalue weighted by Gasteiger charge is 2.62. The zero-order chi connectivity index (χ0) is 28.7. The quantitative estimate of drug-likeness (QED) is 0.299. The summed E-state index contributed by atoms with van der Waals surface area (Å²) in [6.07, 6.45) is 3.43. The first-order chi connectivity index (χ1) is 18.1. The predicted molar refractivity (Wildman–Crippen MR) is 163 cm³/mol. The SMILES string of the molecule is C=C(C)Cc1ccc(-c2ccc(C)c3c2C[C@@]2(C)C[C@@]4(C)CC(C)=C(C(C)=O)C(=O)[C@@]4(C)C(C)=C2C3=C)cc1. The molecule has 2 nitrogen and oxygen atoms in total. The van der Waals surface area contributed by atoms with E-state index >= 15 is 0 Å². The monoisotopic (exact) mass is 518 g/mol. The van der Waals surface area contributed by atoms with Crippen molar-refractivity contribution in [1.29, 1.82) is 0 Å². The van der Waals surface area contributed by atoms with Crippen LogP contribution in [0.15, 0.2) is 77.4 Å². The summed E-state index contributed by atoms with van der Waals surface area (Å²) in [4.78, 5) is 26.7. The van der Waals surface area contributed by atoms with Gasteiger partial charge < -0.3 is 0 Å². The largest absolute Gasteiger partial charge is 0.294 e. The Morgan fingerprint density at radius 3 is 2.18 bits per heavy atom. The molecule has 5 rings (SSSR count). The number of hydrogen-bond acceptors (Lipinski definition) is 2. The van der Waals surface area contributed by atoms with Crippen LogP contribution in [0, 0.1) is 23.2 Å². The van der Waals surface area contributed by atoms with Gasteiger partial charge in [0.2, 0.25) is 0 Å². The summed E-state index contributed by atoms with van der Waals surface area (Å²) in [5.74, 6) is -0.123. The van der Waals surface area contributed by atoms with Crippen LogP contribution in [0.3, 0.4) is 0 Å². The molecule has 3 aliphatic rings. The summed E-state index contributed by atoms with van der Waals surface area (Å²) in [6.45, 7) is 25.4. The number of ketones is 2. The van der Waals surface area contributed by atoms with Crippen LogP contribution in [0.5, 0.6) is 0 Å². The van der Waals surface area contributed by atoms with Gasteiger partial charge in [-0.15, -0.1) is 0 Å². The lowest BCUT2D eigenvalue weighted by Gasteiger charge is -2.60. The van der Waals surface area contributed by atoms with Crippen molar-refractivity contribution in [1.82, 2.24) is 0 Å². The molecule has 3 atom stereocenters. The summed E-state index contributed by atoms with van der Waals surface area (Å²) in [5.41, 5.74) is 12.3. The second kappa shape index (κ2) is 8.88. The maximum atomic E-state index is 14.1. The van der Waals surface area contributed by atoms with E-state index in [1.54, 1.807) is 0 Å². The molecule has 39 heavy (non-hydrogen) atoms. The number of rotatable bonds is 4. The number of allylic oxidation sites excluding steroid dienone is 6. The van der Waals surface area contributed by atoms with E-state index in [2.05, 4.69) is 84.5 Å². The molecule has 0 radical (unpaired) electrons. The van der Waals surface area contributed by atoms with Gasteiger partial charge in [0, 0.05) is 0 Å². The molecule has 0 amide bonds. The molecule has 2 aromatic rings. The highest BCUT2D eigenvalue weighted by molar-refractivity contribution is 6.23. The Morgan fingerprint density at radius 1 is 0.949 bits per heavy atom. The molecule has 0 saturated heterocycles. The van der Waals surface area contributed by atoms with E-state index in [1.165, 1.54) is 45.9 Å². The van der Waals surface area contributed by atoms with Crippen LogP contribution >= 0.6 is 0 Å². The van der Waals surface area contributed by atoms with Gasteiger partial charge in [-0.1, -0.05) is 80.1 Å². The second-order valence-corrected chi connectivity index (χ2v) is 13.4. The lowest BCUT2D eigenvalue weighted by Crippen LogP contribution is -2.56. The summed E-state index contributed by atoms with van der Waals surface area (Å²) in [5, 5.41) is 0. The Morgan fingerprint density at radius 2 is 1.59 bits per heavy atom. The lowest BCUT2D eigenvalue weighted by molar-refractivity contribution is -0.134. The van der Waals surface area contributed by atoms with Crippen molar-refractivity contribution < 1.29 is 9.59 Å². The molecule has 0 saturated carbocycles. The van der Waals surface area contributed by atoms with Crippen LogP contribution < -0.4 is 0 Å². The summed E-state index contributed by atoms with van der Waals surface area (Å²) >= 11 is 0. The van der Waals surface area contributed by atoms with Crippen molar-refractivity contribution in [2.75, 3.05) is 0 Å². The highest BCUT2D eigenvalue weighted by Crippen LogP contribution is 2.68. The molecule has 0 bridgehead atoms. The Hall–Kier alpha value is -3.26. The van der Waals surface area contributed by atoms with E-state index in [0.29, 0.717) is 5.57 Å². The molecular formula is C37H42O2. The number of carbonyl (C=O) groups excluding carboxylic acids is 2. The summed E-state index contributed by atoms with van der Waals surface area (Å²) in [6, 6.07) is 13.4. The van der Waals surface area contributed by atoms with Crippen molar-refractivity contribution in [3.05, 3.63) is 99.7 Å². The van der Waals surface area contributed by atoms with Gasteiger partial charge in [0.15, 0.2) is 11.6 Å². The Bertz CT molecular complexity index is 1540. The molecule has 2 heteroatoms. The molecule has 0 unspecified atom stereocenters. The Balaban J connectivity index is 1.70. The molecular weight excluding hydrogens is 476 g/mol. The van der Waals surface area contributed by atoms with Crippen molar-refractivity contribution in [3.8, 4) is 11.1 Å². The minimum atomic E-state index is -0.729. The maximum absolute atomic E-state index is 14.1. The molecule has 0 aliphatic heterocycles. The van der Waals surface area contributed by atoms with Gasteiger partial charge in [-0.3, -0.25) is 9.59 Å². The maximum Gasteiger partial charge on any atom is 0.176 e. The number of benzene rings is 2. The molecule has 2 aromatic carbocycles. The van der Waals surface area contributed by atoms with Gasteiger partial charge in [0.1, 0.15) is 0 Å². The molecule has 0 heterocycles. The predicted octanol–water partition coefficient (Wildman–Crippen LogP) is 8.97. The van der Waals surface area contributed by atoms with Crippen molar-refractivity contribution in [2.24, 2.45) is 16.2 Å². The number of aryl methyl sites for hydroxylation is 1. The highest BCUT2D eigenvalue weighted by atomic mass is 16.1. The first kappa shape index (κ1) is 27.3. The van der Waals surface area contributed by atoms with E-state index in [9.17, 15) is 9.59 Å². The Kier molecular flexibility index (Phi) is 6.22. The van der Waals surface area contributed by atoms with Crippen molar-refractivity contribution >= 4 is 17.1 Å². The molecule has 0 spiro atoms. The third-order valence-corrected chi connectivity index (χ3v) is 10.3. The van der Waals surface area contributed by atoms with Crippen LogP contribution in [-0.4, -0.2) is 11.6 Å². The minimum Gasteiger partial charge on any atom is -0.294 e. The molecule has 0 aromatic heterocycles. The van der Waals surface area contributed by atoms with Gasteiger partial charge in [0.25, 0.3) is 0 Å². The Labute approximate surface area is 234 Å². The summed E-state index contributed by atoms with van der Waals surface area (Å²) in [7, 11) is 0. The zero-order valence-electron chi connectivity index (χ0n) is 25.0. The van der Waals surface area contributed by atoms with Gasteiger partial charge in [-0.05, 0) is 123 Å². The average molecular weight is 519 g/mol. The first-order valence-corrected chi connectivity index (χ1v) is 14.2. The van der Waals surface area contributed by atoms with E-state index in [-0.39, 0.29) is 22.4 Å². The van der Waals surface area contributed by atoms with E-state index < -0.39 is 5.41 Å². The van der Waals surface area contributed by atoms with Gasteiger partial charge in [0.05, 0.1) is 11.0 Å². The minimum absolute atomic E-state index is 0.00720. The van der Waals surface area contributed by atoms with E-state index in [4.69, 9.17) is 6.58 Å². The van der Waals surface area contributed by atoms with Gasteiger partial charge >= 0.3 is 0 Å². The van der Waals surface area contributed by atoms with Crippen LogP contribution in [0.1, 0.15) is 83.6 Å². The normalized spacial score (nSPS) is 28.2. The second-order valence-electron chi connectivity index (χ2n) is 13.4. The number of Topliss-reactive ketones (excluding diaryl/α,β-unsaturated/α-hetero) is 2. The number of hydrogen-bond donors (Lipinski definition) is 0. The van der Waals surface area contributed by atoms with E-state index in [0.717, 1.165) is 48.0 Å². The topological polar surface area (TPSA) is 34.1 Å². The fraction of sp³-hybridized carbons (Fsp3) is 0.405. The lowest BCUT2D eigenvalue weighted by atomic mass is 9.42. The van der Waals surface area contributed by atoms with Crippen molar-refractivity contribution in [2.45, 2.75) is 81.1 Å². The molecule has 0 fully saturated rings. The molecule has 0 N–H and O–H groups in total. The third-order valence-electron chi connectivity index (χ3n) is 10.3. The number of carbonyl (C=O) groups is 2. The standard InChI is InChI=1S/C37H42O2/c1-21(2)17-27-12-14-28(15-13-27)29-16-11-22(3)31-24(5)33-25(6)37(10)34(39)32(26(7)38)23(4)18-36(37,9)20-35(33,8)19-30(29)31/h11-16H,1,5,17-20H2,2-4,6-10H3/t35-,36+,37+/m0/s1. The zero-order valence-corrected chi connectivity index (χ0v) is 25.0. The fourth-order valence-corrected chi connectivity index (χ4v) is 8.59. The van der Waals surface area contributed by atoms with Crippen LogP contribution in [0.2, 0.25) is 0 Å². The van der Waals surface area contributed by atoms with Gasteiger partial charge in [-0.25, -0.2) is 0 Å². The number of fused-ring (bicyclic) bond motifs is 3. The van der Waals surface area contributed by atoms with Crippen LogP contribution in [-0.2, 0) is 22.4 Å². The molecule has 3 aliphatic carbocycles. The average Bonchev–Trinajstić information content (AvgIpc) is 2.81. The van der Waals surface area contributed by atoms with Gasteiger partial charge in [-0.2, -0.15) is 0 Å². The van der Waals surface area contributed by atoms with Crippen LogP contribution in [0.4, 0.5) is 0 Å². The van der Waals surface area contributed by atoms with Crippen LogP contribution in [0.25, 0.3) is 16.7 Å². The summed E-state index contributed by atoms with van der Waals surface area (Å²) < 4.78 is 0. The first-order valence-electron chi connectivity index (χ1n) is 14.2. The smallest absolute Gasteiger partial charge is 0.176 e. The van der Waals surface area contributed by atoms with E-state index in [1.807, 2.05) is 6.92 Å².